The summed E-state index contributed by atoms with van der Waals surface area (Å²) in [4.78, 5) is 4.84. The van der Waals surface area contributed by atoms with Gasteiger partial charge in [-0.15, -0.1) is 0 Å². The highest BCUT2D eigenvalue weighted by atomic mass is 28.3. The van der Waals surface area contributed by atoms with Crippen molar-refractivity contribution in [2.75, 3.05) is 9.80 Å². The Balaban J connectivity index is 1.09. The zero-order valence-electron chi connectivity index (χ0n) is 33.5. The van der Waals surface area contributed by atoms with Crippen LogP contribution in [0.1, 0.15) is 49.9 Å². The summed E-state index contributed by atoms with van der Waals surface area (Å²) in [5, 5.41) is 4.91. The molecule has 0 spiro atoms. The van der Waals surface area contributed by atoms with Crippen LogP contribution in [-0.2, 0) is 10.8 Å². The minimum Gasteiger partial charge on any atom is -0.457 e. The first-order valence-electron chi connectivity index (χ1n) is 20.6. The first-order valence-corrected chi connectivity index (χ1v) is 22.6. The Kier molecular flexibility index (Phi) is 7.02. The third-order valence-electron chi connectivity index (χ3n) is 13.5. The monoisotopic (exact) mass is 778 g/mol. The van der Waals surface area contributed by atoms with Gasteiger partial charge in [0.2, 0.25) is 0 Å². The molecule has 8 aromatic rings. The maximum atomic E-state index is 7.07. The molecule has 59 heavy (non-hydrogen) atoms. The summed E-state index contributed by atoms with van der Waals surface area (Å²) >= 11 is 0. The van der Waals surface area contributed by atoms with Crippen LogP contribution in [0, 0.1) is 0 Å². The van der Waals surface area contributed by atoms with Crippen LogP contribution >= 0.6 is 0 Å². The molecule has 0 unspecified atom stereocenters. The number of hydrogen-bond acceptors (Lipinski definition) is 4. The van der Waals surface area contributed by atoms with E-state index < -0.39 is 8.07 Å². The van der Waals surface area contributed by atoms with E-state index >= 15 is 0 Å². The molecule has 4 nitrogen and oxygen atoms in total. The summed E-state index contributed by atoms with van der Waals surface area (Å²) < 4.78 is 14.1. The summed E-state index contributed by atoms with van der Waals surface area (Å²) in [6.45, 7) is 9.33. The van der Waals surface area contributed by atoms with Gasteiger partial charge in [0, 0.05) is 39.5 Å². The molecule has 0 saturated heterocycles. The highest BCUT2D eigenvalue weighted by Crippen LogP contribution is 2.54. The SMILES string of the molecule is CC1(C)c2ccccc2N(c2ccc3c(c2)Oc2cccc4c2[Si]3(c2ccccc2)c2ccc(N3c5ccccc5C(C)(C)c5ccccc53)cc2O4)c2ccccc21. The zero-order valence-corrected chi connectivity index (χ0v) is 34.5. The number of hydrogen-bond donors (Lipinski definition) is 0. The summed E-state index contributed by atoms with van der Waals surface area (Å²) in [6, 6.07) is 66.7. The molecule has 0 fully saturated rings. The number of rotatable bonds is 3. The van der Waals surface area contributed by atoms with E-state index in [9.17, 15) is 0 Å². The maximum Gasteiger partial charge on any atom is 0.197 e. The quantitative estimate of drug-likeness (QED) is 0.167. The highest BCUT2D eigenvalue weighted by molar-refractivity contribution is 7.21. The molecule has 0 amide bonds. The number of nitrogens with zero attached hydrogens (tertiary/aromatic N) is 2. The van der Waals surface area contributed by atoms with E-state index in [0.29, 0.717) is 0 Å². The first kappa shape index (κ1) is 34.2. The van der Waals surface area contributed by atoms with Crippen molar-refractivity contribution in [3.8, 4) is 23.0 Å². The maximum absolute atomic E-state index is 7.07. The molecule has 0 radical (unpaired) electrons. The first-order chi connectivity index (χ1) is 28.8. The lowest BCUT2D eigenvalue weighted by Crippen LogP contribution is -2.77. The number of ether oxygens (including phenoxy) is 2. The van der Waals surface area contributed by atoms with Crippen LogP contribution in [-0.4, -0.2) is 8.07 Å². The molecule has 4 heterocycles. The third-order valence-corrected chi connectivity index (χ3v) is 18.4. The topological polar surface area (TPSA) is 24.9 Å². The highest BCUT2D eigenvalue weighted by Gasteiger charge is 2.54. The second kappa shape index (κ2) is 12.1. The van der Waals surface area contributed by atoms with E-state index in [1.807, 2.05) is 0 Å². The average Bonchev–Trinajstić information content (AvgIpc) is 3.27. The Hall–Kier alpha value is -6.82. The van der Waals surface area contributed by atoms with Gasteiger partial charge >= 0.3 is 0 Å². The van der Waals surface area contributed by atoms with E-state index in [1.165, 1.54) is 60.6 Å². The average molecular weight is 779 g/mol. The molecule has 0 aromatic heterocycles. The number of anilines is 6. The van der Waals surface area contributed by atoms with Crippen LogP contribution in [0.5, 0.6) is 23.0 Å². The molecule has 8 aromatic carbocycles. The number of fused-ring (bicyclic) bond motifs is 8. The van der Waals surface area contributed by atoms with Crippen molar-refractivity contribution in [3.05, 3.63) is 204 Å². The van der Waals surface area contributed by atoms with Gasteiger partial charge in [-0.1, -0.05) is 149 Å². The van der Waals surface area contributed by atoms with Gasteiger partial charge in [-0.2, -0.15) is 0 Å². The summed E-state index contributed by atoms with van der Waals surface area (Å²) in [5.74, 6) is 3.50. The molecular weight excluding hydrogens is 737 g/mol. The zero-order chi connectivity index (χ0) is 39.7. The second-order valence-corrected chi connectivity index (χ2v) is 21.0. The molecule has 5 heteroatoms. The molecule has 0 saturated carbocycles. The molecule has 12 rings (SSSR count). The minimum atomic E-state index is -3.02. The largest absolute Gasteiger partial charge is 0.457 e. The van der Waals surface area contributed by atoms with Crippen molar-refractivity contribution in [2.45, 2.75) is 38.5 Å². The Labute approximate surface area is 346 Å². The van der Waals surface area contributed by atoms with Crippen LogP contribution < -0.4 is 40.0 Å². The Morgan fingerprint density at radius 3 is 1.15 bits per heavy atom. The van der Waals surface area contributed by atoms with E-state index in [-0.39, 0.29) is 10.8 Å². The van der Waals surface area contributed by atoms with Crippen LogP contribution in [0.25, 0.3) is 0 Å². The van der Waals surface area contributed by atoms with E-state index in [0.717, 1.165) is 39.6 Å². The molecule has 0 bridgehead atoms. The predicted molar refractivity (Wildman–Crippen MR) is 244 cm³/mol. The normalized spacial score (nSPS) is 16.4. The van der Waals surface area contributed by atoms with Crippen LogP contribution in [0.15, 0.2) is 182 Å². The van der Waals surface area contributed by atoms with Gasteiger partial charge in [0.1, 0.15) is 23.0 Å². The van der Waals surface area contributed by atoms with Gasteiger partial charge < -0.3 is 19.3 Å². The Bertz CT molecular complexity index is 2760. The minimum absolute atomic E-state index is 0.146. The van der Waals surface area contributed by atoms with Crippen molar-refractivity contribution in [1.82, 2.24) is 0 Å². The van der Waals surface area contributed by atoms with E-state index in [2.05, 4.69) is 219 Å². The second-order valence-electron chi connectivity index (χ2n) is 17.3. The van der Waals surface area contributed by atoms with Gasteiger partial charge in [0.15, 0.2) is 8.07 Å². The lowest BCUT2D eigenvalue weighted by atomic mass is 9.73. The van der Waals surface area contributed by atoms with Gasteiger partial charge in [-0.25, -0.2) is 0 Å². The fourth-order valence-electron chi connectivity index (χ4n) is 10.8. The molecule has 4 aliphatic heterocycles. The van der Waals surface area contributed by atoms with Crippen molar-refractivity contribution in [2.24, 2.45) is 0 Å². The number of benzene rings is 8. The molecular formula is C54H42N2O2Si. The van der Waals surface area contributed by atoms with Crippen molar-refractivity contribution in [3.63, 3.8) is 0 Å². The van der Waals surface area contributed by atoms with Crippen molar-refractivity contribution in [1.29, 1.82) is 0 Å². The van der Waals surface area contributed by atoms with Crippen LogP contribution in [0.2, 0.25) is 0 Å². The fraction of sp³-hybridized carbons (Fsp3) is 0.111. The predicted octanol–water partition coefficient (Wildman–Crippen LogP) is 11.5. The fourth-order valence-corrected chi connectivity index (χ4v) is 15.9. The Morgan fingerprint density at radius 2 is 0.746 bits per heavy atom. The van der Waals surface area contributed by atoms with Crippen LogP contribution in [0.4, 0.5) is 34.1 Å². The van der Waals surface area contributed by atoms with E-state index in [4.69, 9.17) is 9.47 Å². The molecule has 0 aliphatic carbocycles. The van der Waals surface area contributed by atoms with Gasteiger partial charge in [0.25, 0.3) is 0 Å². The van der Waals surface area contributed by atoms with Crippen molar-refractivity contribution >= 4 is 62.9 Å². The number of para-hydroxylation sites is 4. The summed E-state index contributed by atoms with van der Waals surface area (Å²) in [7, 11) is -3.02. The van der Waals surface area contributed by atoms with E-state index in [1.54, 1.807) is 0 Å². The van der Waals surface area contributed by atoms with Gasteiger partial charge in [-0.3, -0.25) is 0 Å². The molecule has 0 N–H and O–H groups in total. The summed E-state index contributed by atoms with van der Waals surface area (Å²) in [5.41, 5.74) is 11.8. The molecule has 4 aliphatic rings. The smallest absolute Gasteiger partial charge is 0.197 e. The van der Waals surface area contributed by atoms with Gasteiger partial charge in [0.05, 0.1) is 22.7 Å². The summed E-state index contributed by atoms with van der Waals surface area (Å²) in [6.07, 6.45) is 0. The molecule has 0 atom stereocenters. The van der Waals surface area contributed by atoms with Crippen LogP contribution in [0.3, 0.4) is 0 Å². The van der Waals surface area contributed by atoms with Gasteiger partial charge in [-0.05, 0) is 86.3 Å². The third kappa shape index (κ3) is 4.54. The van der Waals surface area contributed by atoms with Crippen molar-refractivity contribution < 1.29 is 9.47 Å². The molecule has 284 valence electrons. The Morgan fingerprint density at radius 1 is 0.373 bits per heavy atom. The lowest BCUT2D eigenvalue weighted by Gasteiger charge is -2.45. The standard InChI is InChI=1S/C54H42N2O2Si/c1-53(2)38-19-8-12-23-42(38)55(43-24-13-9-20-39(43)53)35-29-31-50-48(33-35)57-46-27-16-28-47-52(46)59(50,37-17-6-5-7-18-37)51-32-30-36(34-49(51)58-47)56-44-25-14-10-21-40(44)54(3,4)41-22-11-15-26-45(41)56/h5-34H,1-4H3. The lowest BCUT2D eigenvalue weighted by molar-refractivity contribution is 0.464.